The van der Waals surface area contributed by atoms with Crippen molar-refractivity contribution >= 4 is 21.7 Å². The summed E-state index contributed by atoms with van der Waals surface area (Å²) in [4.78, 5) is 11.8. The Hall–Kier alpha value is -1.04. The van der Waals surface area contributed by atoms with E-state index in [-0.39, 0.29) is 18.6 Å². The second kappa shape index (κ2) is 4.91. The van der Waals surface area contributed by atoms with Gasteiger partial charge in [0.2, 0.25) is 0 Å². The second-order valence-corrected chi connectivity index (χ2v) is 5.08. The van der Waals surface area contributed by atoms with E-state index < -0.39 is 18.7 Å². The maximum Gasteiger partial charge on any atom is 0.389 e. The van der Waals surface area contributed by atoms with Crippen molar-refractivity contribution in [1.29, 1.82) is 0 Å². The molecule has 1 aliphatic rings. The first-order valence-corrected chi connectivity index (χ1v) is 6.20. The summed E-state index contributed by atoms with van der Waals surface area (Å²) in [5.41, 5.74) is 0.424. The molecule has 1 unspecified atom stereocenters. The first-order valence-electron chi connectivity index (χ1n) is 5.41. The number of Topliss-reactive ketones (excluding diaryl/α,β-unsaturated/α-hetero) is 1. The minimum Gasteiger partial charge on any atom is -0.489 e. The van der Waals surface area contributed by atoms with E-state index >= 15 is 0 Å². The smallest absolute Gasteiger partial charge is 0.389 e. The summed E-state index contributed by atoms with van der Waals surface area (Å²) in [5, 5.41) is 0. The first-order chi connectivity index (χ1) is 8.35. The van der Waals surface area contributed by atoms with Crippen LogP contribution >= 0.6 is 15.9 Å². The molecule has 0 N–H and O–H groups in total. The Bertz CT molecular complexity index is 471. The van der Waals surface area contributed by atoms with Gasteiger partial charge in [-0.3, -0.25) is 4.79 Å². The van der Waals surface area contributed by atoms with E-state index in [1.54, 1.807) is 18.2 Å². The Morgan fingerprint density at radius 1 is 1.39 bits per heavy atom. The first kappa shape index (κ1) is 13.4. The Labute approximate surface area is 110 Å². The van der Waals surface area contributed by atoms with Gasteiger partial charge < -0.3 is 4.74 Å². The van der Waals surface area contributed by atoms with Crippen LogP contribution in [0.4, 0.5) is 13.2 Å². The molecule has 1 aromatic carbocycles. The molecule has 2 nitrogen and oxygen atoms in total. The predicted molar refractivity (Wildman–Crippen MR) is 62.8 cm³/mol. The standard InChI is InChI=1S/C12H10BrF3O2/c13-7-1-2-11-9(5-7)10(17)6-8(18-11)3-4-12(14,15)16/h1-2,5,8H,3-4,6H2. The van der Waals surface area contributed by atoms with Crippen LogP contribution in [0, 0.1) is 0 Å². The van der Waals surface area contributed by atoms with E-state index in [9.17, 15) is 18.0 Å². The van der Waals surface area contributed by atoms with Crippen molar-refractivity contribution in [1.82, 2.24) is 0 Å². The van der Waals surface area contributed by atoms with Crippen LogP contribution in [0.3, 0.4) is 0 Å². The van der Waals surface area contributed by atoms with Gasteiger partial charge in [-0.05, 0) is 24.6 Å². The molecule has 1 heterocycles. The molecule has 0 aromatic heterocycles. The molecule has 0 saturated carbocycles. The van der Waals surface area contributed by atoms with Gasteiger partial charge in [-0.1, -0.05) is 15.9 Å². The highest BCUT2D eigenvalue weighted by molar-refractivity contribution is 9.10. The molecule has 2 rings (SSSR count). The lowest BCUT2D eigenvalue weighted by Crippen LogP contribution is -2.28. The van der Waals surface area contributed by atoms with Crippen molar-refractivity contribution in [3.05, 3.63) is 28.2 Å². The van der Waals surface area contributed by atoms with Crippen LogP contribution in [-0.4, -0.2) is 18.1 Å². The maximum absolute atomic E-state index is 12.1. The number of carbonyl (C=O) groups is 1. The van der Waals surface area contributed by atoms with Crippen molar-refractivity contribution in [3.8, 4) is 5.75 Å². The summed E-state index contributed by atoms with van der Waals surface area (Å²) in [5.74, 6) is 0.186. The lowest BCUT2D eigenvalue weighted by molar-refractivity contribution is -0.139. The van der Waals surface area contributed by atoms with Gasteiger partial charge >= 0.3 is 6.18 Å². The Balaban J connectivity index is 2.09. The van der Waals surface area contributed by atoms with Gasteiger partial charge in [-0.15, -0.1) is 0 Å². The van der Waals surface area contributed by atoms with Gasteiger partial charge in [-0.2, -0.15) is 13.2 Å². The Kier molecular flexibility index (Phi) is 3.66. The number of rotatable bonds is 2. The van der Waals surface area contributed by atoms with Crippen LogP contribution in [0.2, 0.25) is 0 Å². The minimum atomic E-state index is -4.22. The SMILES string of the molecule is O=C1CC(CCC(F)(F)F)Oc2ccc(Br)cc21. The summed E-state index contributed by atoms with van der Waals surface area (Å²) in [6, 6.07) is 4.91. The van der Waals surface area contributed by atoms with Gasteiger partial charge in [0.1, 0.15) is 11.9 Å². The van der Waals surface area contributed by atoms with Crippen LogP contribution in [-0.2, 0) is 0 Å². The lowest BCUT2D eigenvalue weighted by atomic mass is 9.98. The van der Waals surface area contributed by atoms with E-state index in [0.717, 1.165) is 4.47 Å². The zero-order valence-corrected chi connectivity index (χ0v) is 10.8. The van der Waals surface area contributed by atoms with Crippen molar-refractivity contribution in [2.24, 2.45) is 0 Å². The second-order valence-electron chi connectivity index (χ2n) is 4.16. The topological polar surface area (TPSA) is 26.3 Å². The molecule has 1 aliphatic heterocycles. The third kappa shape index (κ3) is 3.25. The molecule has 0 radical (unpaired) electrons. The fourth-order valence-electron chi connectivity index (χ4n) is 1.85. The molecular formula is C12H10BrF3O2. The molecule has 0 saturated heterocycles. The number of fused-ring (bicyclic) bond motifs is 1. The van der Waals surface area contributed by atoms with E-state index in [2.05, 4.69) is 15.9 Å². The highest BCUT2D eigenvalue weighted by atomic mass is 79.9. The van der Waals surface area contributed by atoms with Crippen LogP contribution in [0.25, 0.3) is 0 Å². The van der Waals surface area contributed by atoms with Crippen molar-refractivity contribution in [2.45, 2.75) is 31.5 Å². The van der Waals surface area contributed by atoms with Gasteiger partial charge in [0.15, 0.2) is 5.78 Å². The van der Waals surface area contributed by atoms with E-state index in [0.29, 0.717) is 11.3 Å². The van der Waals surface area contributed by atoms with Gasteiger partial charge in [0, 0.05) is 17.3 Å². The van der Waals surface area contributed by atoms with Crippen LogP contribution in [0.5, 0.6) is 5.75 Å². The largest absolute Gasteiger partial charge is 0.489 e. The number of halogens is 4. The number of ketones is 1. The van der Waals surface area contributed by atoms with Gasteiger partial charge in [0.05, 0.1) is 5.56 Å². The summed E-state index contributed by atoms with van der Waals surface area (Å²) in [6.07, 6.45) is -6.03. The van der Waals surface area contributed by atoms with E-state index in [1.807, 2.05) is 0 Å². The summed E-state index contributed by atoms with van der Waals surface area (Å²) in [6.45, 7) is 0. The Morgan fingerprint density at radius 3 is 2.78 bits per heavy atom. The predicted octanol–water partition coefficient (Wildman–Crippen LogP) is 4.13. The average molecular weight is 323 g/mol. The number of hydrogen-bond donors (Lipinski definition) is 0. The molecule has 98 valence electrons. The molecule has 0 bridgehead atoms. The van der Waals surface area contributed by atoms with Crippen molar-refractivity contribution < 1.29 is 22.7 Å². The number of benzene rings is 1. The fraction of sp³-hybridized carbons (Fsp3) is 0.417. The molecule has 1 atom stereocenters. The molecular weight excluding hydrogens is 313 g/mol. The Morgan fingerprint density at radius 2 is 2.11 bits per heavy atom. The minimum absolute atomic E-state index is 0.000463. The fourth-order valence-corrected chi connectivity index (χ4v) is 2.21. The molecule has 18 heavy (non-hydrogen) atoms. The normalized spacial score (nSPS) is 19.3. The number of alkyl halides is 3. The van der Waals surface area contributed by atoms with E-state index in [1.165, 1.54) is 0 Å². The third-order valence-corrected chi connectivity index (χ3v) is 3.19. The van der Waals surface area contributed by atoms with Crippen LogP contribution in [0.15, 0.2) is 22.7 Å². The highest BCUT2D eigenvalue weighted by Crippen LogP contribution is 2.33. The third-order valence-electron chi connectivity index (χ3n) is 2.70. The van der Waals surface area contributed by atoms with Gasteiger partial charge in [-0.25, -0.2) is 0 Å². The average Bonchev–Trinajstić information content (AvgIpc) is 2.26. The molecule has 1 aromatic rings. The van der Waals surface area contributed by atoms with Crippen molar-refractivity contribution in [3.63, 3.8) is 0 Å². The summed E-state index contributed by atoms with van der Waals surface area (Å²) < 4.78 is 42.5. The summed E-state index contributed by atoms with van der Waals surface area (Å²) >= 11 is 3.23. The van der Waals surface area contributed by atoms with Crippen molar-refractivity contribution in [2.75, 3.05) is 0 Å². The molecule has 6 heteroatoms. The molecule has 0 amide bonds. The monoisotopic (exact) mass is 322 g/mol. The molecule has 0 aliphatic carbocycles. The summed E-state index contributed by atoms with van der Waals surface area (Å²) in [7, 11) is 0. The molecule has 0 fully saturated rings. The highest BCUT2D eigenvalue weighted by Gasteiger charge is 2.32. The number of ether oxygens (including phenoxy) is 1. The van der Waals surface area contributed by atoms with E-state index in [4.69, 9.17) is 4.74 Å². The number of hydrogen-bond acceptors (Lipinski definition) is 2. The van der Waals surface area contributed by atoms with Crippen LogP contribution < -0.4 is 4.74 Å². The maximum atomic E-state index is 12.1. The lowest BCUT2D eigenvalue weighted by Gasteiger charge is -2.25. The van der Waals surface area contributed by atoms with Gasteiger partial charge in [0.25, 0.3) is 0 Å². The number of carbonyl (C=O) groups excluding carboxylic acids is 1. The zero-order chi connectivity index (χ0) is 13.3. The quantitative estimate of drug-likeness (QED) is 0.818. The zero-order valence-electron chi connectivity index (χ0n) is 9.26. The molecule has 0 spiro atoms. The van der Waals surface area contributed by atoms with Crippen LogP contribution in [0.1, 0.15) is 29.6 Å².